The summed E-state index contributed by atoms with van der Waals surface area (Å²) in [6.07, 6.45) is 4.87. The number of amides is 2. The average Bonchev–Trinajstić information content (AvgIpc) is 3.41. The van der Waals surface area contributed by atoms with Crippen LogP contribution in [-0.2, 0) is 11.3 Å². The number of rotatable bonds is 5. The van der Waals surface area contributed by atoms with Gasteiger partial charge in [0, 0.05) is 23.9 Å². The number of benzene rings is 1. The Kier molecular flexibility index (Phi) is 5.66. The van der Waals surface area contributed by atoms with Gasteiger partial charge in [0.2, 0.25) is 5.91 Å². The van der Waals surface area contributed by atoms with Crippen molar-refractivity contribution < 1.29 is 18.7 Å². The van der Waals surface area contributed by atoms with E-state index in [2.05, 4.69) is 19.2 Å². The SMILES string of the molecule is CCOc1ccc(N2C(=O)c3cc4occc4n3CC2(C)C(=O)NC2CCCC(C)C2C)cc1. The topological polar surface area (TPSA) is 76.7 Å². The second-order valence-corrected chi connectivity index (χ2v) is 9.97. The van der Waals surface area contributed by atoms with Gasteiger partial charge in [-0.2, -0.15) is 0 Å². The number of hydrogen-bond acceptors (Lipinski definition) is 4. The molecule has 0 saturated heterocycles. The van der Waals surface area contributed by atoms with Crippen LogP contribution >= 0.6 is 0 Å². The lowest BCUT2D eigenvalue weighted by Crippen LogP contribution is -2.66. The number of anilines is 1. The van der Waals surface area contributed by atoms with E-state index in [4.69, 9.17) is 9.15 Å². The largest absolute Gasteiger partial charge is 0.494 e. The van der Waals surface area contributed by atoms with Crippen molar-refractivity contribution in [2.24, 2.45) is 11.8 Å². The summed E-state index contributed by atoms with van der Waals surface area (Å²) >= 11 is 0. The van der Waals surface area contributed by atoms with Crippen LogP contribution in [0.3, 0.4) is 0 Å². The monoisotopic (exact) mass is 463 g/mol. The van der Waals surface area contributed by atoms with Crippen LogP contribution in [-0.4, -0.2) is 34.6 Å². The summed E-state index contributed by atoms with van der Waals surface area (Å²) in [4.78, 5) is 29.5. The molecule has 3 heterocycles. The third-order valence-corrected chi connectivity index (χ3v) is 7.82. The zero-order valence-electron chi connectivity index (χ0n) is 20.3. The molecular formula is C27H33N3O4. The number of aromatic nitrogens is 1. The summed E-state index contributed by atoms with van der Waals surface area (Å²) in [5, 5.41) is 3.33. The highest BCUT2D eigenvalue weighted by atomic mass is 16.5. The Balaban J connectivity index is 1.55. The molecule has 34 heavy (non-hydrogen) atoms. The van der Waals surface area contributed by atoms with Gasteiger partial charge < -0.3 is 19.0 Å². The molecule has 2 aliphatic rings. The van der Waals surface area contributed by atoms with Crippen LogP contribution in [0.25, 0.3) is 11.1 Å². The molecule has 1 N–H and O–H groups in total. The molecule has 4 unspecified atom stereocenters. The Morgan fingerprint density at radius 3 is 2.71 bits per heavy atom. The summed E-state index contributed by atoms with van der Waals surface area (Å²) in [6.45, 7) is 9.16. The molecule has 1 aliphatic carbocycles. The van der Waals surface area contributed by atoms with Gasteiger partial charge in [-0.05, 0) is 56.4 Å². The van der Waals surface area contributed by atoms with Gasteiger partial charge in [0.25, 0.3) is 5.91 Å². The van der Waals surface area contributed by atoms with E-state index < -0.39 is 5.54 Å². The maximum absolute atomic E-state index is 14.0. The first-order valence-corrected chi connectivity index (χ1v) is 12.3. The standard InChI is InChI=1S/C27H33N3O4/c1-5-33-20-11-9-19(10-12-20)30-25(31)23-15-24-22(13-14-34-24)29(23)16-27(30,4)26(32)28-21-8-6-7-17(2)18(21)3/h9-15,17-18,21H,5-8,16H2,1-4H3,(H,28,32). The molecule has 1 fully saturated rings. The van der Waals surface area contributed by atoms with E-state index in [0.717, 1.165) is 24.1 Å². The van der Waals surface area contributed by atoms with Crippen LogP contribution in [0.4, 0.5) is 5.69 Å². The van der Waals surface area contributed by atoms with Crippen molar-refractivity contribution in [2.75, 3.05) is 11.5 Å². The molecule has 0 bridgehead atoms. The van der Waals surface area contributed by atoms with E-state index in [0.29, 0.717) is 42.0 Å². The van der Waals surface area contributed by atoms with E-state index in [1.807, 2.05) is 48.7 Å². The highest BCUT2D eigenvalue weighted by Gasteiger charge is 2.49. The Labute approximate surface area is 200 Å². The number of fused-ring (bicyclic) bond motifs is 3. The summed E-state index contributed by atoms with van der Waals surface area (Å²) in [6, 6.07) is 11.1. The number of furan rings is 1. The molecule has 180 valence electrons. The molecule has 5 rings (SSSR count). The Morgan fingerprint density at radius 2 is 1.97 bits per heavy atom. The third-order valence-electron chi connectivity index (χ3n) is 7.82. The van der Waals surface area contributed by atoms with Crippen molar-refractivity contribution in [2.45, 2.75) is 65.1 Å². The van der Waals surface area contributed by atoms with E-state index in [9.17, 15) is 9.59 Å². The van der Waals surface area contributed by atoms with Crippen LogP contribution in [0.1, 0.15) is 57.4 Å². The van der Waals surface area contributed by atoms with Crippen LogP contribution in [0, 0.1) is 11.8 Å². The molecule has 2 aromatic heterocycles. The maximum atomic E-state index is 14.0. The first-order chi connectivity index (χ1) is 16.3. The first-order valence-electron chi connectivity index (χ1n) is 12.3. The molecule has 1 aromatic carbocycles. The number of ether oxygens (including phenoxy) is 1. The van der Waals surface area contributed by atoms with Crippen molar-refractivity contribution in [3.05, 3.63) is 48.4 Å². The number of carbonyl (C=O) groups is 2. The molecule has 1 aliphatic heterocycles. The van der Waals surface area contributed by atoms with E-state index in [-0.39, 0.29) is 17.9 Å². The minimum absolute atomic E-state index is 0.102. The molecule has 7 heteroatoms. The number of hydrogen-bond donors (Lipinski definition) is 1. The van der Waals surface area contributed by atoms with Gasteiger partial charge in [0.05, 0.1) is 24.9 Å². The van der Waals surface area contributed by atoms with Crippen molar-refractivity contribution in [1.29, 1.82) is 0 Å². The summed E-state index contributed by atoms with van der Waals surface area (Å²) in [5.74, 6) is 1.33. The predicted octanol–water partition coefficient (Wildman–Crippen LogP) is 4.99. The lowest BCUT2D eigenvalue weighted by atomic mass is 9.77. The van der Waals surface area contributed by atoms with Crippen molar-refractivity contribution in [3.63, 3.8) is 0 Å². The second kappa shape index (κ2) is 8.53. The zero-order valence-corrected chi connectivity index (χ0v) is 20.3. The molecule has 4 atom stereocenters. The normalized spacial score (nSPS) is 27.0. The molecule has 7 nitrogen and oxygen atoms in total. The molecule has 2 amide bonds. The van der Waals surface area contributed by atoms with Gasteiger partial charge in [-0.3, -0.25) is 14.5 Å². The number of nitrogens with one attached hydrogen (secondary N) is 1. The van der Waals surface area contributed by atoms with Crippen molar-refractivity contribution >= 4 is 28.6 Å². The summed E-state index contributed by atoms with van der Waals surface area (Å²) < 4.78 is 13.1. The lowest BCUT2D eigenvalue weighted by molar-refractivity contribution is -0.128. The minimum Gasteiger partial charge on any atom is -0.494 e. The molecule has 0 radical (unpaired) electrons. The maximum Gasteiger partial charge on any atom is 0.276 e. The van der Waals surface area contributed by atoms with Gasteiger partial charge in [0.15, 0.2) is 5.58 Å². The average molecular weight is 464 g/mol. The first kappa shape index (κ1) is 22.6. The van der Waals surface area contributed by atoms with Gasteiger partial charge in [-0.15, -0.1) is 0 Å². The predicted molar refractivity (Wildman–Crippen MR) is 131 cm³/mol. The van der Waals surface area contributed by atoms with Gasteiger partial charge in [-0.1, -0.05) is 26.7 Å². The van der Waals surface area contributed by atoms with Gasteiger partial charge >= 0.3 is 0 Å². The van der Waals surface area contributed by atoms with Crippen LogP contribution < -0.4 is 15.0 Å². The highest BCUT2D eigenvalue weighted by molar-refractivity contribution is 6.13. The van der Waals surface area contributed by atoms with Crippen LogP contribution in [0.5, 0.6) is 5.75 Å². The Hall–Kier alpha value is -3.22. The minimum atomic E-state index is -1.11. The van der Waals surface area contributed by atoms with E-state index in [1.165, 1.54) is 6.42 Å². The fraction of sp³-hybridized carbons (Fsp3) is 0.481. The Morgan fingerprint density at radius 1 is 1.21 bits per heavy atom. The summed E-state index contributed by atoms with van der Waals surface area (Å²) in [7, 11) is 0. The number of nitrogens with zero attached hydrogens (tertiary/aromatic N) is 2. The van der Waals surface area contributed by atoms with Crippen LogP contribution in [0.2, 0.25) is 0 Å². The highest BCUT2D eigenvalue weighted by Crippen LogP contribution is 2.37. The second-order valence-electron chi connectivity index (χ2n) is 9.97. The fourth-order valence-electron chi connectivity index (χ4n) is 5.59. The Bertz CT molecular complexity index is 1210. The fourth-order valence-corrected chi connectivity index (χ4v) is 5.59. The van der Waals surface area contributed by atoms with Gasteiger partial charge in [-0.25, -0.2) is 0 Å². The quantitative estimate of drug-likeness (QED) is 0.578. The van der Waals surface area contributed by atoms with Crippen LogP contribution in [0.15, 0.2) is 47.1 Å². The molecule has 0 spiro atoms. The molecular weight excluding hydrogens is 430 g/mol. The van der Waals surface area contributed by atoms with Gasteiger partial charge in [0.1, 0.15) is 17.0 Å². The lowest BCUT2D eigenvalue weighted by Gasteiger charge is -2.45. The zero-order chi connectivity index (χ0) is 24.0. The molecule has 3 aromatic rings. The third kappa shape index (κ3) is 3.58. The van der Waals surface area contributed by atoms with Crippen molar-refractivity contribution in [1.82, 2.24) is 9.88 Å². The van der Waals surface area contributed by atoms with E-state index >= 15 is 0 Å². The van der Waals surface area contributed by atoms with Crippen molar-refractivity contribution in [3.8, 4) is 5.75 Å². The number of carbonyl (C=O) groups excluding carboxylic acids is 2. The van der Waals surface area contributed by atoms with E-state index in [1.54, 1.807) is 17.2 Å². The smallest absolute Gasteiger partial charge is 0.276 e. The molecule has 1 saturated carbocycles. The summed E-state index contributed by atoms with van der Waals surface area (Å²) in [5.41, 5.74) is 1.55.